The highest BCUT2D eigenvalue weighted by Crippen LogP contribution is 2.59. The Morgan fingerprint density at radius 3 is 2.81 bits per heavy atom. The standard InChI is InChI=1S/C20H29ClN3O10PS/c1-5-30-18(28)22-11-19(2,3)16(26)36-9-8-31-35(29)32-10-12-14(34-35)20(4,21)15(33-12)24-7-6-13(25)23-17(24)27/h6-7,12,14-15H,5,8-11H2,1-4H3,(H,22,28)(H,23,25,27)/t12-,14-,15-,20-,35?/m1/s1. The van der Waals surface area contributed by atoms with Crippen molar-refractivity contribution in [3.05, 3.63) is 33.1 Å². The van der Waals surface area contributed by atoms with Gasteiger partial charge in [-0.1, -0.05) is 25.6 Å². The third-order valence-corrected chi connectivity index (χ3v) is 8.53. The number of phosphoric ester groups is 1. The number of thioether (sulfide) groups is 1. The molecule has 3 rings (SSSR count). The molecule has 202 valence electrons. The zero-order valence-corrected chi connectivity index (χ0v) is 22.7. The summed E-state index contributed by atoms with van der Waals surface area (Å²) in [6, 6.07) is 1.15. The maximum Gasteiger partial charge on any atom is 0.475 e. The molecule has 0 aliphatic carbocycles. The van der Waals surface area contributed by atoms with Gasteiger partial charge >= 0.3 is 19.6 Å². The first-order valence-electron chi connectivity index (χ1n) is 11.1. The Bertz CT molecular complexity index is 1140. The predicted octanol–water partition coefficient (Wildman–Crippen LogP) is 2.00. The molecule has 1 unspecified atom stereocenters. The van der Waals surface area contributed by atoms with Crippen molar-refractivity contribution in [3.63, 3.8) is 0 Å². The molecule has 2 aliphatic rings. The minimum absolute atomic E-state index is 0.0835. The summed E-state index contributed by atoms with van der Waals surface area (Å²) in [7, 11) is -4.04. The van der Waals surface area contributed by atoms with E-state index >= 15 is 0 Å². The van der Waals surface area contributed by atoms with Gasteiger partial charge in [-0.05, 0) is 13.8 Å². The van der Waals surface area contributed by atoms with Gasteiger partial charge in [-0.15, -0.1) is 11.6 Å². The van der Waals surface area contributed by atoms with Crippen LogP contribution in [0, 0.1) is 5.41 Å². The fourth-order valence-electron chi connectivity index (χ4n) is 3.55. The number of carbonyl (C=O) groups excluding carboxylic acids is 2. The van der Waals surface area contributed by atoms with E-state index in [9.17, 15) is 23.7 Å². The molecule has 1 amide bonds. The highest BCUT2D eigenvalue weighted by Gasteiger charge is 2.60. The number of alkyl halides is 1. The molecule has 16 heteroatoms. The summed E-state index contributed by atoms with van der Waals surface area (Å²) in [4.78, 5) is 48.3. The van der Waals surface area contributed by atoms with E-state index in [1.54, 1.807) is 27.7 Å². The van der Waals surface area contributed by atoms with E-state index in [-0.39, 0.29) is 37.2 Å². The Hall–Kier alpha value is -1.67. The highest BCUT2D eigenvalue weighted by atomic mass is 35.5. The third kappa shape index (κ3) is 6.60. The van der Waals surface area contributed by atoms with Crippen molar-refractivity contribution in [1.29, 1.82) is 0 Å². The number of nitrogens with zero attached hydrogens (tertiary/aromatic N) is 1. The largest absolute Gasteiger partial charge is 0.475 e. The summed E-state index contributed by atoms with van der Waals surface area (Å²) in [6.07, 6.45) is -2.09. The summed E-state index contributed by atoms with van der Waals surface area (Å²) in [5, 5.41) is 2.32. The minimum atomic E-state index is -4.04. The van der Waals surface area contributed by atoms with Crippen molar-refractivity contribution in [3.8, 4) is 0 Å². The number of rotatable bonds is 9. The Kier molecular flexibility index (Phi) is 9.13. The van der Waals surface area contributed by atoms with Gasteiger partial charge in [0.15, 0.2) is 11.3 Å². The molecule has 2 fully saturated rings. The maximum atomic E-state index is 13.0. The lowest BCUT2D eigenvalue weighted by Gasteiger charge is -2.34. The van der Waals surface area contributed by atoms with Crippen LogP contribution in [-0.2, 0) is 32.4 Å². The van der Waals surface area contributed by atoms with Gasteiger partial charge in [0.05, 0.1) is 25.2 Å². The molecular formula is C20H29ClN3O10PS. The van der Waals surface area contributed by atoms with Crippen LogP contribution in [0.5, 0.6) is 0 Å². The van der Waals surface area contributed by atoms with Gasteiger partial charge < -0.3 is 14.8 Å². The molecule has 3 heterocycles. The smallest absolute Gasteiger partial charge is 0.450 e. The van der Waals surface area contributed by atoms with Crippen LogP contribution in [0.4, 0.5) is 4.79 Å². The molecule has 5 atom stereocenters. The number of H-pyrrole nitrogens is 1. The number of carbonyl (C=O) groups is 2. The first-order chi connectivity index (χ1) is 16.8. The van der Waals surface area contributed by atoms with Gasteiger partial charge in [0.25, 0.3) is 5.56 Å². The summed E-state index contributed by atoms with van der Waals surface area (Å²) in [5.74, 6) is 0.149. The van der Waals surface area contributed by atoms with Crippen molar-refractivity contribution in [2.75, 3.05) is 32.1 Å². The molecule has 0 bridgehead atoms. The van der Waals surface area contributed by atoms with Crippen molar-refractivity contribution < 1.29 is 37.2 Å². The number of alkyl carbamates (subject to hydrolysis) is 1. The summed E-state index contributed by atoms with van der Waals surface area (Å²) in [6.45, 7) is 6.59. The number of fused-ring (bicyclic) bond motifs is 1. The van der Waals surface area contributed by atoms with Crippen LogP contribution in [-0.4, -0.2) is 70.0 Å². The van der Waals surface area contributed by atoms with Crippen molar-refractivity contribution in [2.45, 2.75) is 51.0 Å². The predicted molar refractivity (Wildman–Crippen MR) is 130 cm³/mol. The molecule has 2 N–H and O–H groups in total. The van der Waals surface area contributed by atoms with Gasteiger partial charge in [-0.25, -0.2) is 14.2 Å². The van der Waals surface area contributed by atoms with Crippen LogP contribution in [0.2, 0.25) is 0 Å². The van der Waals surface area contributed by atoms with Gasteiger partial charge in [-0.2, -0.15) is 0 Å². The zero-order valence-electron chi connectivity index (χ0n) is 20.2. The molecule has 1 aromatic heterocycles. The topological polar surface area (TPSA) is 164 Å². The number of nitrogens with one attached hydrogen (secondary N) is 2. The summed E-state index contributed by atoms with van der Waals surface area (Å²) in [5.41, 5.74) is -2.17. The number of phosphoric acid groups is 1. The lowest BCUT2D eigenvalue weighted by Crippen LogP contribution is -2.45. The van der Waals surface area contributed by atoms with E-state index in [2.05, 4.69) is 10.3 Å². The first kappa shape index (κ1) is 28.9. The van der Waals surface area contributed by atoms with E-state index in [1.807, 2.05) is 0 Å². The summed E-state index contributed by atoms with van der Waals surface area (Å²) < 4.78 is 41.0. The number of ether oxygens (including phenoxy) is 2. The second-order valence-corrected chi connectivity index (χ2v) is 12.4. The zero-order chi connectivity index (χ0) is 26.7. The molecule has 0 spiro atoms. The Labute approximate surface area is 216 Å². The Balaban J connectivity index is 1.53. The summed E-state index contributed by atoms with van der Waals surface area (Å²) >= 11 is 7.63. The first-order valence-corrected chi connectivity index (χ1v) is 13.9. The fourth-order valence-corrected chi connectivity index (χ4v) is 6.37. The fraction of sp³-hybridized carbons (Fsp3) is 0.700. The van der Waals surface area contributed by atoms with Crippen LogP contribution >= 0.6 is 31.2 Å². The van der Waals surface area contributed by atoms with E-state index in [1.165, 1.54) is 6.20 Å². The monoisotopic (exact) mass is 569 g/mol. The van der Waals surface area contributed by atoms with Crippen LogP contribution in [0.25, 0.3) is 0 Å². The number of aromatic nitrogens is 2. The van der Waals surface area contributed by atoms with Crippen LogP contribution < -0.4 is 16.6 Å². The molecule has 13 nitrogen and oxygen atoms in total. The van der Waals surface area contributed by atoms with Crippen LogP contribution in [0.3, 0.4) is 0 Å². The number of hydrogen-bond acceptors (Lipinski definition) is 11. The third-order valence-electron chi connectivity index (χ3n) is 5.49. The number of aromatic amines is 1. The normalized spacial score (nSPS) is 30.0. The highest BCUT2D eigenvalue weighted by molar-refractivity contribution is 8.13. The average molecular weight is 570 g/mol. The van der Waals surface area contributed by atoms with Crippen molar-refractivity contribution in [2.24, 2.45) is 5.41 Å². The van der Waals surface area contributed by atoms with Gasteiger partial charge in [0.2, 0.25) is 0 Å². The van der Waals surface area contributed by atoms with E-state index in [0.717, 1.165) is 22.4 Å². The molecule has 0 aromatic carbocycles. The van der Waals surface area contributed by atoms with Crippen molar-refractivity contribution >= 4 is 42.4 Å². The van der Waals surface area contributed by atoms with Crippen LogP contribution in [0.1, 0.15) is 33.9 Å². The van der Waals surface area contributed by atoms with E-state index in [0.29, 0.717) is 0 Å². The lowest BCUT2D eigenvalue weighted by molar-refractivity contribution is -0.117. The van der Waals surface area contributed by atoms with Gasteiger partial charge in [0, 0.05) is 24.6 Å². The Morgan fingerprint density at radius 1 is 1.42 bits per heavy atom. The van der Waals surface area contributed by atoms with E-state index < -0.39 is 53.9 Å². The molecule has 2 aliphatic heterocycles. The average Bonchev–Trinajstić information content (AvgIpc) is 3.05. The molecular weight excluding hydrogens is 541 g/mol. The van der Waals surface area contributed by atoms with Crippen molar-refractivity contribution in [1.82, 2.24) is 14.9 Å². The molecule has 36 heavy (non-hydrogen) atoms. The second kappa shape index (κ2) is 11.4. The Morgan fingerprint density at radius 2 is 2.14 bits per heavy atom. The quantitative estimate of drug-likeness (QED) is 0.254. The lowest BCUT2D eigenvalue weighted by atomic mass is 9.96. The molecule has 2 saturated heterocycles. The van der Waals surface area contributed by atoms with Gasteiger partial charge in [-0.3, -0.25) is 32.7 Å². The molecule has 0 radical (unpaired) electrons. The maximum absolute atomic E-state index is 13.0. The number of amides is 1. The number of halogens is 1. The molecule has 1 aromatic rings. The molecule has 0 saturated carbocycles. The minimum Gasteiger partial charge on any atom is -0.450 e. The second-order valence-electron chi connectivity index (χ2n) is 8.89. The van der Waals surface area contributed by atoms with Gasteiger partial charge in [0.1, 0.15) is 17.1 Å². The SMILES string of the molecule is CCOC(=O)NCC(C)(C)C(=O)SCCOP1(=O)OC[C@H]2O[C@@H](n3ccc(=O)[nH]c3=O)[C@](C)(Cl)[C@@H]2O1. The van der Waals surface area contributed by atoms with Crippen LogP contribution in [0.15, 0.2) is 21.9 Å². The van der Waals surface area contributed by atoms with E-state index in [4.69, 9.17) is 34.6 Å². The number of hydrogen-bond donors (Lipinski definition) is 2.